The third kappa shape index (κ3) is 2.24. The summed E-state index contributed by atoms with van der Waals surface area (Å²) in [6.07, 6.45) is 6.85. The van der Waals surface area contributed by atoms with Gasteiger partial charge in [0.05, 0.1) is 0 Å². The fourth-order valence-electron chi connectivity index (χ4n) is 1.65. The predicted octanol–water partition coefficient (Wildman–Crippen LogP) is 2.03. The summed E-state index contributed by atoms with van der Waals surface area (Å²) in [5.41, 5.74) is 2.61. The van der Waals surface area contributed by atoms with Crippen molar-refractivity contribution in [1.29, 1.82) is 0 Å². The van der Waals surface area contributed by atoms with Crippen LogP contribution in [0, 0.1) is 0 Å². The third-order valence-corrected chi connectivity index (χ3v) is 2.55. The highest BCUT2D eigenvalue weighted by atomic mass is 15.0. The number of anilines is 1. The van der Waals surface area contributed by atoms with E-state index in [1.165, 1.54) is 0 Å². The van der Waals surface area contributed by atoms with Crippen molar-refractivity contribution in [3.8, 4) is 0 Å². The van der Waals surface area contributed by atoms with Gasteiger partial charge >= 0.3 is 0 Å². The van der Waals surface area contributed by atoms with Crippen LogP contribution in [0.15, 0.2) is 49.1 Å². The van der Waals surface area contributed by atoms with Crippen LogP contribution in [0.3, 0.4) is 0 Å². The number of hydrogen-bond acceptors (Lipinski definition) is 5. The number of rotatable bonds is 3. The van der Waals surface area contributed by atoms with Gasteiger partial charge in [-0.3, -0.25) is 9.97 Å². The summed E-state index contributed by atoms with van der Waals surface area (Å²) in [5.74, 6) is 0.791. The summed E-state index contributed by atoms with van der Waals surface area (Å²) >= 11 is 0. The lowest BCUT2D eigenvalue weighted by atomic mass is 10.3. The highest BCUT2D eigenvalue weighted by Crippen LogP contribution is 2.11. The monoisotopic (exact) mass is 237 g/mol. The standard InChI is InChI=1S/C13H11N5/c1-2-12(17-9-10-3-5-14-6-4-10)18-13-11(1)15-7-8-16-13/h1-8H,9H2,(H,16,17,18). The average molecular weight is 237 g/mol. The van der Waals surface area contributed by atoms with E-state index >= 15 is 0 Å². The van der Waals surface area contributed by atoms with Crippen molar-refractivity contribution in [3.05, 3.63) is 54.6 Å². The number of pyridine rings is 2. The summed E-state index contributed by atoms with van der Waals surface area (Å²) in [7, 11) is 0. The fourth-order valence-corrected chi connectivity index (χ4v) is 1.65. The first-order valence-corrected chi connectivity index (χ1v) is 5.62. The van der Waals surface area contributed by atoms with E-state index in [1.54, 1.807) is 24.8 Å². The minimum absolute atomic E-state index is 0.650. The maximum Gasteiger partial charge on any atom is 0.180 e. The van der Waals surface area contributed by atoms with E-state index < -0.39 is 0 Å². The van der Waals surface area contributed by atoms with Gasteiger partial charge in [0.15, 0.2) is 5.65 Å². The smallest absolute Gasteiger partial charge is 0.180 e. The normalized spacial score (nSPS) is 10.4. The molecular weight excluding hydrogens is 226 g/mol. The summed E-state index contributed by atoms with van der Waals surface area (Å²) in [6.45, 7) is 0.710. The van der Waals surface area contributed by atoms with E-state index in [2.05, 4.69) is 25.3 Å². The molecule has 0 unspecified atom stereocenters. The molecule has 0 spiro atoms. The third-order valence-electron chi connectivity index (χ3n) is 2.55. The second kappa shape index (κ2) is 4.75. The second-order valence-corrected chi connectivity index (χ2v) is 3.80. The summed E-state index contributed by atoms with van der Waals surface area (Å²) in [6, 6.07) is 7.74. The van der Waals surface area contributed by atoms with Crippen molar-refractivity contribution >= 4 is 17.0 Å². The van der Waals surface area contributed by atoms with Gasteiger partial charge in [-0.05, 0) is 29.8 Å². The molecule has 0 bridgehead atoms. The Kier molecular flexibility index (Phi) is 2.79. The molecule has 0 aliphatic heterocycles. The topological polar surface area (TPSA) is 63.6 Å². The van der Waals surface area contributed by atoms with E-state index in [4.69, 9.17) is 0 Å². The molecule has 0 aliphatic rings. The van der Waals surface area contributed by atoms with E-state index in [-0.39, 0.29) is 0 Å². The molecule has 0 atom stereocenters. The van der Waals surface area contributed by atoms with E-state index in [0.717, 1.165) is 16.9 Å². The molecular formula is C13H11N5. The predicted molar refractivity (Wildman–Crippen MR) is 68.9 cm³/mol. The summed E-state index contributed by atoms with van der Waals surface area (Å²) in [5, 5.41) is 3.25. The Balaban J connectivity index is 1.79. The molecule has 3 aromatic rings. The van der Waals surface area contributed by atoms with Crippen LogP contribution in [0.25, 0.3) is 11.2 Å². The lowest BCUT2D eigenvalue weighted by Crippen LogP contribution is -2.01. The van der Waals surface area contributed by atoms with Gasteiger partial charge in [-0.15, -0.1) is 0 Å². The first-order valence-electron chi connectivity index (χ1n) is 5.62. The van der Waals surface area contributed by atoms with Crippen molar-refractivity contribution in [2.24, 2.45) is 0 Å². The molecule has 5 nitrogen and oxygen atoms in total. The molecule has 3 heterocycles. The molecule has 3 rings (SSSR count). The molecule has 0 fully saturated rings. The summed E-state index contributed by atoms with van der Waals surface area (Å²) in [4.78, 5) is 16.7. The number of nitrogens with one attached hydrogen (secondary N) is 1. The maximum absolute atomic E-state index is 4.39. The van der Waals surface area contributed by atoms with Crippen molar-refractivity contribution in [2.75, 3.05) is 5.32 Å². The van der Waals surface area contributed by atoms with Gasteiger partial charge in [-0.2, -0.15) is 0 Å². The lowest BCUT2D eigenvalue weighted by Gasteiger charge is -2.05. The largest absolute Gasteiger partial charge is 0.366 e. The van der Waals surface area contributed by atoms with E-state index in [9.17, 15) is 0 Å². The van der Waals surface area contributed by atoms with Crippen LogP contribution in [0.2, 0.25) is 0 Å². The van der Waals surface area contributed by atoms with Gasteiger partial charge in [0, 0.05) is 31.3 Å². The number of fused-ring (bicyclic) bond motifs is 1. The van der Waals surface area contributed by atoms with Gasteiger partial charge < -0.3 is 5.32 Å². The van der Waals surface area contributed by atoms with Gasteiger partial charge in [-0.1, -0.05) is 0 Å². The zero-order chi connectivity index (χ0) is 12.2. The molecule has 3 aromatic heterocycles. The minimum atomic E-state index is 0.650. The highest BCUT2D eigenvalue weighted by Gasteiger charge is 1.99. The molecule has 0 amide bonds. The number of nitrogens with zero attached hydrogens (tertiary/aromatic N) is 4. The first-order chi connectivity index (χ1) is 8.92. The number of aromatic nitrogens is 4. The van der Waals surface area contributed by atoms with Gasteiger partial charge in [0.25, 0.3) is 0 Å². The zero-order valence-electron chi connectivity index (χ0n) is 9.61. The number of hydrogen-bond donors (Lipinski definition) is 1. The Morgan fingerprint density at radius 1 is 0.889 bits per heavy atom. The molecule has 0 aliphatic carbocycles. The lowest BCUT2D eigenvalue weighted by molar-refractivity contribution is 1.10. The van der Waals surface area contributed by atoms with Crippen LogP contribution in [0.5, 0.6) is 0 Å². The fraction of sp³-hybridized carbons (Fsp3) is 0.0769. The molecule has 0 aromatic carbocycles. The van der Waals surface area contributed by atoms with Crippen molar-refractivity contribution in [3.63, 3.8) is 0 Å². The molecule has 18 heavy (non-hydrogen) atoms. The SMILES string of the molecule is c1cc(CNc2ccc3nccnc3n2)ccn1. The summed E-state index contributed by atoms with van der Waals surface area (Å²) < 4.78 is 0. The van der Waals surface area contributed by atoms with Crippen LogP contribution in [-0.4, -0.2) is 19.9 Å². The average Bonchev–Trinajstić information content (AvgIpc) is 2.46. The minimum Gasteiger partial charge on any atom is -0.366 e. The van der Waals surface area contributed by atoms with E-state index in [0.29, 0.717) is 12.2 Å². The van der Waals surface area contributed by atoms with Crippen LogP contribution in [0.1, 0.15) is 5.56 Å². The van der Waals surface area contributed by atoms with Crippen LogP contribution < -0.4 is 5.32 Å². The van der Waals surface area contributed by atoms with E-state index in [1.807, 2.05) is 24.3 Å². The Bertz CT molecular complexity index is 654. The van der Waals surface area contributed by atoms with Gasteiger partial charge in [0.1, 0.15) is 11.3 Å². The Morgan fingerprint density at radius 2 is 1.72 bits per heavy atom. The zero-order valence-corrected chi connectivity index (χ0v) is 9.61. The molecule has 0 saturated heterocycles. The Hall–Kier alpha value is -2.56. The maximum atomic E-state index is 4.39. The first kappa shape index (κ1) is 10.6. The van der Waals surface area contributed by atoms with Crippen LogP contribution in [-0.2, 0) is 6.54 Å². The quantitative estimate of drug-likeness (QED) is 0.755. The van der Waals surface area contributed by atoms with Gasteiger partial charge in [-0.25, -0.2) is 9.97 Å². The molecule has 88 valence electrons. The van der Waals surface area contributed by atoms with Gasteiger partial charge in [0.2, 0.25) is 0 Å². The van der Waals surface area contributed by atoms with Crippen molar-refractivity contribution < 1.29 is 0 Å². The second-order valence-electron chi connectivity index (χ2n) is 3.80. The molecule has 1 N–H and O–H groups in total. The van der Waals surface area contributed by atoms with Crippen LogP contribution >= 0.6 is 0 Å². The van der Waals surface area contributed by atoms with Crippen LogP contribution in [0.4, 0.5) is 5.82 Å². The van der Waals surface area contributed by atoms with Crippen molar-refractivity contribution in [2.45, 2.75) is 6.54 Å². The molecule has 0 radical (unpaired) electrons. The van der Waals surface area contributed by atoms with Crippen molar-refractivity contribution in [1.82, 2.24) is 19.9 Å². The highest BCUT2D eigenvalue weighted by molar-refractivity contribution is 5.71. The Morgan fingerprint density at radius 3 is 2.61 bits per heavy atom. The molecule has 5 heteroatoms. The molecule has 0 saturated carbocycles. The Labute approximate surface area is 104 Å².